The summed E-state index contributed by atoms with van der Waals surface area (Å²) in [4.78, 5) is 11.8. The fourth-order valence-electron chi connectivity index (χ4n) is 1.26. The molecule has 0 amide bonds. The van der Waals surface area contributed by atoms with Gasteiger partial charge in [0.1, 0.15) is 0 Å². The van der Waals surface area contributed by atoms with E-state index in [1.807, 2.05) is 6.07 Å². The fourth-order valence-corrected chi connectivity index (χ4v) is 1.26. The molecule has 19 heavy (non-hydrogen) atoms. The van der Waals surface area contributed by atoms with Crippen LogP contribution in [0.3, 0.4) is 0 Å². The Balaban J connectivity index is 3.01. The van der Waals surface area contributed by atoms with E-state index in [1.165, 1.54) is 13.2 Å². The van der Waals surface area contributed by atoms with Crippen LogP contribution in [0.5, 0.6) is 11.5 Å². The molecule has 0 bridgehead atoms. The number of nitriles is 1. The minimum absolute atomic E-state index is 0.328. The van der Waals surface area contributed by atoms with Crippen molar-refractivity contribution in [2.24, 2.45) is 5.41 Å². The molecule has 0 heterocycles. The predicted molar refractivity (Wildman–Crippen MR) is 72.7 cm³/mol. The molecule has 1 rings (SSSR count). The Kier molecular flexibility index (Phi) is 4.71. The maximum Gasteiger partial charge on any atom is 0.316 e. The third kappa shape index (κ3) is 4.14. The molecule has 0 aliphatic heterocycles. The van der Waals surface area contributed by atoms with Gasteiger partial charge in [-0.2, -0.15) is 5.26 Å². The predicted octanol–water partition coefficient (Wildman–Crippen LogP) is 3.18. The zero-order chi connectivity index (χ0) is 14.5. The first-order chi connectivity index (χ1) is 8.88. The summed E-state index contributed by atoms with van der Waals surface area (Å²) in [6.07, 6.45) is 3.02. The van der Waals surface area contributed by atoms with Crippen LogP contribution in [0.2, 0.25) is 0 Å². The van der Waals surface area contributed by atoms with Gasteiger partial charge in [-0.05, 0) is 44.5 Å². The van der Waals surface area contributed by atoms with E-state index in [9.17, 15) is 4.79 Å². The molecule has 4 nitrogen and oxygen atoms in total. The Morgan fingerprint density at radius 3 is 2.53 bits per heavy atom. The number of rotatable bonds is 3. The normalized spacial score (nSPS) is 11.1. The number of hydrogen-bond acceptors (Lipinski definition) is 4. The van der Waals surface area contributed by atoms with Gasteiger partial charge in [0.15, 0.2) is 11.5 Å². The lowest BCUT2D eigenvalue weighted by Crippen LogP contribution is -2.25. The van der Waals surface area contributed by atoms with Crippen LogP contribution in [-0.2, 0) is 4.79 Å². The fraction of sp³-hybridized carbons (Fsp3) is 0.333. The zero-order valence-electron chi connectivity index (χ0n) is 11.6. The highest BCUT2D eigenvalue weighted by Crippen LogP contribution is 2.30. The van der Waals surface area contributed by atoms with Crippen molar-refractivity contribution in [2.45, 2.75) is 20.8 Å². The van der Waals surface area contributed by atoms with Crippen molar-refractivity contribution in [3.8, 4) is 17.6 Å². The summed E-state index contributed by atoms with van der Waals surface area (Å²) in [5.74, 6) is 0.500. The van der Waals surface area contributed by atoms with E-state index >= 15 is 0 Å². The molecule has 0 unspecified atom stereocenters. The second kappa shape index (κ2) is 6.05. The van der Waals surface area contributed by atoms with Gasteiger partial charge in [-0.25, -0.2) is 0 Å². The molecule has 0 aromatic heterocycles. The summed E-state index contributed by atoms with van der Waals surface area (Å²) in [5.41, 5.74) is 0.221. The number of hydrogen-bond donors (Lipinski definition) is 0. The SMILES string of the molecule is COc1cc(/C=C\C#N)ccc1OC(=O)C(C)(C)C. The Morgan fingerprint density at radius 1 is 1.32 bits per heavy atom. The quantitative estimate of drug-likeness (QED) is 0.475. The third-order valence-electron chi connectivity index (χ3n) is 2.35. The van der Waals surface area contributed by atoms with E-state index in [-0.39, 0.29) is 5.97 Å². The molecular formula is C15H17NO3. The van der Waals surface area contributed by atoms with Crippen molar-refractivity contribution in [1.29, 1.82) is 5.26 Å². The average Bonchev–Trinajstić information content (AvgIpc) is 2.36. The molecule has 1 aromatic carbocycles. The molecule has 0 atom stereocenters. The van der Waals surface area contributed by atoms with Gasteiger partial charge in [-0.1, -0.05) is 6.07 Å². The van der Waals surface area contributed by atoms with Crippen molar-refractivity contribution in [3.05, 3.63) is 29.8 Å². The van der Waals surface area contributed by atoms with Gasteiger partial charge in [0, 0.05) is 6.08 Å². The van der Waals surface area contributed by atoms with Gasteiger partial charge in [0.05, 0.1) is 18.6 Å². The molecule has 100 valence electrons. The van der Waals surface area contributed by atoms with Crippen molar-refractivity contribution >= 4 is 12.0 Å². The van der Waals surface area contributed by atoms with E-state index in [2.05, 4.69) is 0 Å². The lowest BCUT2D eigenvalue weighted by atomic mass is 9.97. The Bertz CT molecular complexity index is 533. The smallest absolute Gasteiger partial charge is 0.316 e. The highest BCUT2D eigenvalue weighted by atomic mass is 16.6. The van der Waals surface area contributed by atoms with E-state index in [0.29, 0.717) is 11.5 Å². The molecule has 0 saturated carbocycles. The van der Waals surface area contributed by atoms with Crippen LogP contribution in [0, 0.1) is 16.7 Å². The summed E-state index contributed by atoms with van der Waals surface area (Å²) in [6.45, 7) is 5.35. The minimum atomic E-state index is -0.579. The van der Waals surface area contributed by atoms with Crippen LogP contribution < -0.4 is 9.47 Å². The van der Waals surface area contributed by atoms with Gasteiger partial charge in [0.2, 0.25) is 0 Å². The maximum absolute atomic E-state index is 11.8. The number of carbonyl (C=O) groups is 1. The molecule has 0 aliphatic rings. The average molecular weight is 259 g/mol. The van der Waals surface area contributed by atoms with Gasteiger partial charge < -0.3 is 9.47 Å². The lowest BCUT2D eigenvalue weighted by molar-refractivity contribution is -0.143. The van der Waals surface area contributed by atoms with Gasteiger partial charge >= 0.3 is 5.97 Å². The summed E-state index contributed by atoms with van der Waals surface area (Å²) in [7, 11) is 1.50. The molecule has 0 N–H and O–H groups in total. The first kappa shape index (κ1) is 14.8. The van der Waals surface area contributed by atoms with E-state index < -0.39 is 5.41 Å². The minimum Gasteiger partial charge on any atom is -0.493 e. The zero-order valence-corrected chi connectivity index (χ0v) is 11.6. The van der Waals surface area contributed by atoms with Crippen molar-refractivity contribution < 1.29 is 14.3 Å². The monoisotopic (exact) mass is 259 g/mol. The van der Waals surface area contributed by atoms with E-state index in [1.54, 1.807) is 45.0 Å². The number of allylic oxidation sites excluding steroid dienone is 1. The molecule has 0 saturated heterocycles. The van der Waals surface area contributed by atoms with E-state index in [4.69, 9.17) is 14.7 Å². The summed E-state index contributed by atoms with van der Waals surface area (Å²) in [5, 5.41) is 8.48. The van der Waals surface area contributed by atoms with Gasteiger partial charge in [-0.15, -0.1) is 0 Å². The molecule has 0 aliphatic carbocycles. The summed E-state index contributed by atoms with van der Waals surface area (Å²) < 4.78 is 10.5. The highest BCUT2D eigenvalue weighted by Gasteiger charge is 2.24. The van der Waals surface area contributed by atoms with Crippen LogP contribution in [0.15, 0.2) is 24.3 Å². The topological polar surface area (TPSA) is 59.3 Å². The first-order valence-corrected chi connectivity index (χ1v) is 5.85. The number of benzene rings is 1. The second-order valence-corrected chi connectivity index (χ2v) is 5.01. The molecular weight excluding hydrogens is 242 g/mol. The number of ether oxygens (including phenoxy) is 2. The standard InChI is InChI=1S/C15H17NO3/c1-15(2,3)14(17)19-12-8-7-11(6-5-9-16)10-13(12)18-4/h5-8,10H,1-4H3/b6-5-. The number of methoxy groups -OCH3 is 1. The molecule has 0 spiro atoms. The lowest BCUT2D eigenvalue weighted by Gasteiger charge is -2.17. The third-order valence-corrected chi connectivity index (χ3v) is 2.35. The number of esters is 1. The summed E-state index contributed by atoms with van der Waals surface area (Å²) in [6, 6.07) is 7.03. The van der Waals surface area contributed by atoms with Crippen molar-refractivity contribution in [2.75, 3.05) is 7.11 Å². The largest absolute Gasteiger partial charge is 0.493 e. The Hall–Kier alpha value is -2.28. The molecule has 0 radical (unpaired) electrons. The molecule has 1 aromatic rings. The van der Waals surface area contributed by atoms with Gasteiger partial charge in [-0.3, -0.25) is 4.79 Å². The molecule has 4 heteroatoms. The Labute approximate surface area is 113 Å². The van der Waals surface area contributed by atoms with E-state index in [0.717, 1.165) is 5.56 Å². The van der Waals surface area contributed by atoms with Crippen molar-refractivity contribution in [1.82, 2.24) is 0 Å². The van der Waals surface area contributed by atoms with Crippen LogP contribution in [0.25, 0.3) is 6.08 Å². The van der Waals surface area contributed by atoms with Crippen LogP contribution in [0.1, 0.15) is 26.3 Å². The van der Waals surface area contributed by atoms with Crippen LogP contribution in [-0.4, -0.2) is 13.1 Å². The first-order valence-electron chi connectivity index (χ1n) is 5.85. The molecule has 0 fully saturated rings. The summed E-state index contributed by atoms with van der Waals surface area (Å²) >= 11 is 0. The van der Waals surface area contributed by atoms with Gasteiger partial charge in [0.25, 0.3) is 0 Å². The van der Waals surface area contributed by atoms with Crippen molar-refractivity contribution in [3.63, 3.8) is 0 Å². The van der Waals surface area contributed by atoms with Crippen LogP contribution >= 0.6 is 0 Å². The highest BCUT2D eigenvalue weighted by molar-refractivity contribution is 5.78. The number of nitrogens with zero attached hydrogens (tertiary/aromatic N) is 1. The maximum atomic E-state index is 11.8. The number of carbonyl (C=O) groups excluding carboxylic acids is 1. The Morgan fingerprint density at radius 2 is 2.00 bits per heavy atom. The second-order valence-electron chi connectivity index (χ2n) is 5.01. The van der Waals surface area contributed by atoms with Crippen LogP contribution in [0.4, 0.5) is 0 Å².